The van der Waals surface area contributed by atoms with Crippen molar-refractivity contribution in [3.63, 3.8) is 0 Å². The number of benzene rings is 1. The molecule has 1 aliphatic rings. The Balaban J connectivity index is 1.87. The quantitative estimate of drug-likeness (QED) is 0.879. The van der Waals surface area contributed by atoms with E-state index in [4.69, 9.17) is 10.5 Å². The minimum atomic E-state index is -0.638. The number of nitrogens with zero attached hydrogens (tertiary/aromatic N) is 2. The fourth-order valence-corrected chi connectivity index (χ4v) is 2.96. The minimum absolute atomic E-state index is 0.157. The van der Waals surface area contributed by atoms with Gasteiger partial charge in [-0.3, -0.25) is 14.5 Å². The molecule has 7 nitrogen and oxygen atoms in total. The summed E-state index contributed by atoms with van der Waals surface area (Å²) < 4.78 is 5.68. The summed E-state index contributed by atoms with van der Waals surface area (Å²) in [4.78, 5) is 30.8. The Hall–Kier alpha value is -3.09. The first-order valence-electron chi connectivity index (χ1n) is 8.51. The molecular weight excluding hydrogens is 332 g/mol. The molecule has 1 aromatic heterocycles. The Labute approximate surface area is 152 Å². The van der Waals surface area contributed by atoms with Gasteiger partial charge in [0.05, 0.1) is 0 Å². The van der Waals surface area contributed by atoms with E-state index in [0.717, 1.165) is 16.8 Å². The molecule has 0 radical (unpaired) electrons. The van der Waals surface area contributed by atoms with Crippen molar-refractivity contribution in [3.8, 4) is 5.75 Å². The Morgan fingerprint density at radius 2 is 1.96 bits per heavy atom. The molecule has 1 aliphatic heterocycles. The van der Waals surface area contributed by atoms with Gasteiger partial charge in [-0.1, -0.05) is 25.1 Å². The van der Waals surface area contributed by atoms with E-state index >= 15 is 0 Å². The number of nitrogen functional groups attached to an aromatic ring is 1. The van der Waals surface area contributed by atoms with E-state index in [-0.39, 0.29) is 30.0 Å². The number of ether oxygens (including phenoxy) is 1. The zero-order valence-corrected chi connectivity index (χ0v) is 15.1. The smallest absolute Gasteiger partial charge is 0.269 e. The molecule has 2 amide bonds. The van der Waals surface area contributed by atoms with Crippen molar-refractivity contribution in [2.24, 2.45) is 0 Å². The number of anilines is 3. The van der Waals surface area contributed by atoms with Gasteiger partial charge in [0.2, 0.25) is 5.91 Å². The van der Waals surface area contributed by atoms with Gasteiger partial charge >= 0.3 is 0 Å². The summed E-state index contributed by atoms with van der Waals surface area (Å²) in [6.07, 6.45) is -0.140. The Kier molecular flexibility index (Phi) is 4.79. The number of nitrogens with two attached hydrogens (primary N) is 1. The molecule has 1 atom stereocenters. The van der Waals surface area contributed by atoms with Gasteiger partial charge in [0.15, 0.2) is 17.7 Å². The van der Waals surface area contributed by atoms with E-state index in [0.29, 0.717) is 12.2 Å². The summed E-state index contributed by atoms with van der Waals surface area (Å²) in [6, 6.07) is 9.06. The second-order valence-electron chi connectivity index (χ2n) is 6.31. The Bertz CT molecular complexity index is 846. The topological polar surface area (TPSA) is 97.6 Å². The molecular formula is C19H22N4O3. The maximum atomic E-state index is 12.7. The van der Waals surface area contributed by atoms with Crippen LogP contribution in [-0.2, 0) is 9.59 Å². The zero-order chi connectivity index (χ0) is 18.8. The van der Waals surface area contributed by atoms with Gasteiger partial charge in [-0.25, -0.2) is 4.98 Å². The summed E-state index contributed by atoms with van der Waals surface area (Å²) in [7, 11) is 0. The van der Waals surface area contributed by atoms with Gasteiger partial charge in [0.1, 0.15) is 12.4 Å². The number of aryl methyl sites for hydroxylation is 2. The minimum Gasteiger partial charge on any atom is -0.477 e. The average molecular weight is 354 g/mol. The number of rotatable bonds is 4. The van der Waals surface area contributed by atoms with Crippen LogP contribution >= 0.6 is 0 Å². The molecule has 136 valence electrons. The number of hydrogen-bond donors (Lipinski definition) is 2. The molecule has 1 aromatic carbocycles. The third-order valence-electron chi connectivity index (χ3n) is 4.35. The van der Waals surface area contributed by atoms with E-state index < -0.39 is 6.10 Å². The Morgan fingerprint density at radius 3 is 2.62 bits per heavy atom. The van der Waals surface area contributed by atoms with Crippen molar-refractivity contribution < 1.29 is 14.3 Å². The SMILES string of the molecule is CCC1Oc2ccc(N)nc2N(CC(=O)Nc2c(C)cccc2C)C1=O. The highest BCUT2D eigenvalue weighted by Gasteiger charge is 2.35. The third-order valence-corrected chi connectivity index (χ3v) is 4.35. The van der Waals surface area contributed by atoms with Crippen molar-refractivity contribution in [1.82, 2.24) is 4.98 Å². The lowest BCUT2D eigenvalue weighted by Gasteiger charge is -2.32. The predicted molar refractivity (Wildman–Crippen MR) is 100 cm³/mol. The Morgan fingerprint density at radius 1 is 1.27 bits per heavy atom. The van der Waals surface area contributed by atoms with Crippen LogP contribution in [0.15, 0.2) is 30.3 Å². The molecule has 7 heteroatoms. The number of aromatic nitrogens is 1. The molecule has 0 saturated carbocycles. The molecule has 1 unspecified atom stereocenters. The van der Waals surface area contributed by atoms with Crippen molar-refractivity contribution >= 4 is 29.1 Å². The second-order valence-corrected chi connectivity index (χ2v) is 6.31. The highest BCUT2D eigenvalue weighted by atomic mass is 16.5. The van der Waals surface area contributed by atoms with Gasteiger partial charge in [0, 0.05) is 5.69 Å². The number of nitrogens with one attached hydrogen (secondary N) is 1. The molecule has 2 heterocycles. The van der Waals surface area contributed by atoms with E-state index in [9.17, 15) is 9.59 Å². The molecule has 3 rings (SSSR count). The number of fused-ring (bicyclic) bond motifs is 1. The fraction of sp³-hybridized carbons (Fsp3) is 0.316. The molecule has 0 fully saturated rings. The lowest BCUT2D eigenvalue weighted by molar-refractivity contribution is -0.128. The van der Waals surface area contributed by atoms with Crippen LogP contribution in [0.2, 0.25) is 0 Å². The summed E-state index contributed by atoms with van der Waals surface area (Å²) >= 11 is 0. The van der Waals surface area contributed by atoms with Crippen LogP contribution < -0.4 is 20.7 Å². The number of carbonyl (C=O) groups excluding carboxylic acids is 2. The summed E-state index contributed by atoms with van der Waals surface area (Å²) in [6.45, 7) is 5.55. The van der Waals surface area contributed by atoms with Crippen LogP contribution in [0, 0.1) is 13.8 Å². The normalized spacial score (nSPS) is 16.0. The molecule has 2 aromatic rings. The summed E-state index contributed by atoms with van der Waals surface area (Å²) in [5.74, 6) is 0.384. The van der Waals surface area contributed by atoms with Gasteiger partial charge in [-0.15, -0.1) is 0 Å². The number of carbonyl (C=O) groups is 2. The van der Waals surface area contributed by atoms with E-state index in [1.54, 1.807) is 12.1 Å². The number of amides is 2. The van der Waals surface area contributed by atoms with Crippen LogP contribution in [0.3, 0.4) is 0 Å². The number of pyridine rings is 1. The van der Waals surface area contributed by atoms with Crippen molar-refractivity contribution in [3.05, 3.63) is 41.5 Å². The van der Waals surface area contributed by atoms with E-state index in [2.05, 4.69) is 10.3 Å². The lowest BCUT2D eigenvalue weighted by atomic mass is 10.1. The molecule has 0 aliphatic carbocycles. The van der Waals surface area contributed by atoms with Crippen LogP contribution in [0.25, 0.3) is 0 Å². The summed E-state index contributed by atoms with van der Waals surface area (Å²) in [5.41, 5.74) is 8.42. The number of para-hydroxylation sites is 1. The first kappa shape index (κ1) is 17.7. The monoisotopic (exact) mass is 354 g/mol. The van der Waals surface area contributed by atoms with E-state index in [1.165, 1.54) is 4.90 Å². The maximum absolute atomic E-state index is 12.7. The van der Waals surface area contributed by atoms with Crippen molar-refractivity contribution in [1.29, 1.82) is 0 Å². The van der Waals surface area contributed by atoms with Gasteiger partial charge in [0.25, 0.3) is 5.91 Å². The third kappa shape index (κ3) is 3.33. The molecule has 0 bridgehead atoms. The summed E-state index contributed by atoms with van der Waals surface area (Å²) in [5, 5.41) is 2.89. The van der Waals surface area contributed by atoms with Gasteiger partial charge in [-0.05, 0) is 43.5 Å². The highest BCUT2D eigenvalue weighted by Crippen LogP contribution is 2.33. The first-order chi connectivity index (χ1) is 12.4. The maximum Gasteiger partial charge on any atom is 0.269 e. The van der Waals surface area contributed by atoms with Crippen molar-refractivity contribution in [2.75, 3.05) is 22.5 Å². The van der Waals surface area contributed by atoms with Crippen LogP contribution in [0.1, 0.15) is 24.5 Å². The second kappa shape index (κ2) is 7.03. The number of hydrogen-bond acceptors (Lipinski definition) is 5. The average Bonchev–Trinajstić information content (AvgIpc) is 2.61. The molecule has 0 saturated heterocycles. The van der Waals surface area contributed by atoms with Crippen LogP contribution in [0.4, 0.5) is 17.3 Å². The predicted octanol–water partition coefficient (Wildman–Crippen LogP) is 2.42. The van der Waals surface area contributed by atoms with Crippen molar-refractivity contribution in [2.45, 2.75) is 33.3 Å². The molecule has 3 N–H and O–H groups in total. The molecule has 26 heavy (non-hydrogen) atoms. The lowest BCUT2D eigenvalue weighted by Crippen LogP contribution is -2.49. The van der Waals surface area contributed by atoms with Gasteiger partial charge < -0.3 is 15.8 Å². The first-order valence-corrected chi connectivity index (χ1v) is 8.51. The standard InChI is InChI=1S/C19H22N4O3/c1-4-13-19(25)23(18-14(26-13)8-9-15(20)21-18)10-16(24)22-17-11(2)6-5-7-12(17)3/h5-9,13H,4,10H2,1-3H3,(H2,20,21)(H,22,24). The van der Waals surface area contributed by atoms with Crippen LogP contribution in [-0.4, -0.2) is 29.4 Å². The fourth-order valence-electron chi connectivity index (χ4n) is 2.96. The highest BCUT2D eigenvalue weighted by molar-refractivity contribution is 6.06. The van der Waals surface area contributed by atoms with Gasteiger partial charge in [-0.2, -0.15) is 0 Å². The van der Waals surface area contributed by atoms with Crippen LogP contribution in [0.5, 0.6) is 5.75 Å². The largest absolute Gasteiger partial charge is 0.477 e. The molecule has 0 spiro atoms. The zero-order valence-electron chi connectivity index (χ0n) is 15.1. The van der Waals surface area contributed by atoms with E-state index in [1.807, 2.05) is 39.0 Å².